The summed E-state index contributed by atoms with van der Waals surface area (Å²) in [4.78, 5) is 2.77. The van der Waals surface area contributed by atoms with Crippen molar-refractivity contribution in [2.75, 3.05) is 24.6 Å². The maximum absolute atomic E-state index is 11.6. The van der Waals surface area contributed by atoms with Crippen molar-refractivity contribution in [1.29, 1.82) is 0 Å². The molecule has 2 fully saturated rings. The van der Waals surface area contributed by atoms with Crippen molar-refractivity contribution >= 4 is 10.8 Å². The minimum absolute atomic E-state index is 0.294. The average Bonchev–Trinajstić information content (AvgIpc) is 2.47. The van der Waals surface area contributed by atoms with Crippen LogP contribution in [0.1, 0.15) is 53.4 Å². The fourth-order valence-corrected chi connectivity index (χ4v) is 5.09. The molecule has 0 spiro atoms. The summed E-state index contributed by atoms with van der Waals surface area (Å²) in [5.74, 6) is 2.50. The highest BCUT2D eigenvalue weighted by Gasteiger charge is 2.41. The van der Waals surface area contributed by atoms with Crippen LogP contribution in [0.5, 0.6) is 0 Å². The third-order valence-corrected chi connectivity index (χ3v) is 6.93. The van der Waals surface area contributed by atoms with E-state index in [-0.39, 0.29) is 0 Å². The van der Waals surface area contributed by atoms with Crippen LogP contribution in [0.4, 0.5) is 0 Å². The van der Waals surface area contributed by atoms with E-state index < -0.39 is 10.8 Å². The fourth-order valence-electron chi connectivity index (χ4n) is 3.82. The summed E-state index contributed by atoms with van der Waals surface area (Å²) in [6.45, 7) is 11.6. The highest BCUT2D eigenvalue weighted by atomic mass is 32.2. The molecule has 0 aromatic rings. The Labute approximate surface area is 127 Å². The monoisotopic (exact) mass is 300 g/mol. The maximum atomic E-state index is 11.6. The van der Waals surface area contributed by atoms with Gasteiger partial charge in [-0.2, -0.15) is 0 Å². The van der Waals surface area contributed by atoms with E-state index in [1.54, 1.807) is 0 Å². The van der Waals surface area contributed by atoms with Gasteiger partial charge in [0.25, 0.3) is 0 Å². The van der Waals surface area contributed by atoms with Crippen molar-refractivity contribution in [2.45, 2.75) is 71.0 Å². The van der Waals surface area contributed by atoms with Gasteiger partial charge in [0, 0.05) is 53.0 Å². The highest BCUT2D eigenvalue weighted by Crippen LogP contribution is 2.30. The Kier molecular flexibility index (Phi) is 5.66. The molecule has 2 heterocycles. The van der Waals surface area contributed by atoms with Crippen LogP contribution in [0.15, 0.2) is 0 Å². The summed E-state index contributed by atoms with van der Waals surface area (Å²) in [6, 6.07) is 1.29. The van der Waals surface area contributed by atoms with Crippen LogP contribution in [-0.2, 0) is 10.8 Å². The van der Waals surface area contributed by atoms with Crippen molar-refractivity contribution < 1.29 is 4.21 Å². The number of nitrogens with zero attached hydrogens (tertiary/aromatic N) is 1. The first-order valence-corrected chi connectivity index (χ1v) is 9.86. The minimum atomic E-state index is -0.552. The standard InChI is InChI=1S/C16H32N2OS/c1-5-16(6-2)12-18(15(11-17-16)13(3)4)14-7-9-20(19)10-8-14/h13-15,17H,5-12H2,1-4H3. The van der Waals surface area contributed by atoms with Crippen LogP contribution in [0.3, 0.4) is 0 Å². The Balaban J connectivity index is 2.12. The quantitative estimate of drug-likeness (QED) is 0.865. The second kappa shape index (κ2) is 6.89. The predicted octanol–water partition coefficient (Wildman–Crippen LogP) is 2.39. The third kappa shape index (κ3) is 3.45. The Morgan fingerprint density at radius 1 is 1.25 bits per heavy atom. The van der Waals surface area contributed by atoms with Gasteiger partial charge in [0.15, 0.2) is 0 Å². The third-order valence-electron chi connectivity index (χ3n) is 5.55. The lowest BCUT2D eigenvalue weighted by Gasteiger charge is -2.52. The van der Waals surface area contributed by atoms with E-state index >= 15 is 0 Å². The molecule has 0 saturated carbocycles. The first kappa shape index (κ1) is 16.4. The maximum Gasteiger partial charge on any atom is 0.0304 e. The first-order chi connectivity index (χ1) is 9.51. The Hall–Kier alpha value is 0.0700. The predicted molar refractivity (Wildman–Crippen MR) is 87.5 cm³/mol. The SMILES string of the molecule is CCC1(CC)CN(C2CCS(=O)CC2)C(C(C)C)CN1. The molecule has 1 N–H and O–H groups in total. The molecule has 0 aromatic carbocycles. The van der Waals surface area contributed by atoms with Gasteiger partial charge in [-0.15, -0.1) is 0 Å². The summed E-state index contributed by atoms with van der Waals surface area (Å²) in [7, 11) is -0.552. The van der Waals surface area contributed by atoms with E-state index in [0.717, 1.165) is 30.9 Å². The molecule has 0 radical (unpaired) electrons. The average molecular weight is 301 g/mol. The minimum Gasteiger partial charge on any atom is -0.308 e. The number of nitrogens with one attached hydrogen (secondary N) is 1. The molecular formula is C16H32N2OS. The molecule has 2 aliphatic rings. The molecular weight excluding hydrogens is 268 g/mol. The van der Waals surface area contributed by atoms with E-state index in [0.29, 0.717) is 23.5 Å². The molecule has 1 unspecified atom stereocenters. The van der Waals surface area contributed by atoms with E-state index in [1.165, 1.54) is 19.4 Å². The zero-order valence-electron chi connectivity index (χ0n) is 13.7. The number of rotatable bonds is 4. The smallest absolute Gasteiger partial charge is 0.0304 e. The van der Waals surface area contributed by atoms with Crippen molar-refractivity contribution in [3.8, 4) is 0 Å². The van der Waals surface area contributed by atoms with Gasteiger partial charge in [-0.3, -0.25) is 9.11 Å². The normalized spacial score (nSPS) is 35.4. The second-order valence-electron chi connectivity index (χ2n) is 6.93. The molecule has 0 aromatic heterocycles. The van der Waals surface area contributed by atoms with Gasteiger partial charge >= 0.3 is 0 Å². The van der Waals surface area contributed by atoms with Crippen LogP contribution >= 0.6 is 0 Å². The lowest BCUT2D eigenvalue weighted by molar-refractivity contribution is 0.0137. The number of hydrogen-bond donors (Lipinski definition) is 1. The number of hydrogen-bond acceptors (Lipinski definition) is 3. The van der Waals surface area contributed by atoms with Crippen LogP contribution in [0.2, 0.25) is 0 Å². The van der Waals surface area contributed by atoms with Gasteiger partial charge in [-0.1, -0.05) is 27.7 Å². The summed E-state index contributed by atoms with van der Waals surface area (Å²) in [5.41, 5.74) is 0.294. The van der Waals surface area contributed by atoms with Gasteiger partial charge in [0.05, 0.1) is 0 Å². The van der Waals surface area contributed by atoms with Gasteiger partial charge in [0.2, 0.25) is 0 Å². The zero-order valence-corrected chi connectivity index (χ0v) is 14.5. The Morgan fingerprint density at radius 2 is 1.85 bits per heavy atom. The second-order valence-corrected chi connectivity index (χ2v) is 8.63. The van der Waals surface area contributed by atoms with E-state index in [9.17, 15) is 4.21 Å². The highest BCUT2D eigenvalue weighted by molar-refractivity contribution is 7.85. The molecule has 2 saturated heterocycles. The van der Waals surface area contributed by atoms with Gasteiger partial charge in [-0.05, 0) is 31.6 Å². The summed E-state index contributed by atoms with van der Waals surface area (Å²) >= 11 is 0. The molecule has 0 bridgehead atoms. The molecule has 2 aliphatic heterocycles. The zero-order chi connectivity index (χ0) is 14.8. The van der Waals surface area contributed by atoms with Crippen LogP contribution in [0.25, 0.3) is 0 Å². The lowest BCUT2D eigenvalue weighted by Crippen LogP contribution is -2.67. The van der Waals surface area contributed by atoms with Crippen LogP contribution in [-0.4, -0.2) is 51.3 Å². The summed E-state index contributed by atoms with van der Waals surface area (Å²) in [5, 5.41) is 3.84. The molecule has 0 amide bonds. The molecule has 20 heavy (non-hydrogen) atoms. The first-order valence-electron chi connectivity index (χ1n) is 8.37. The van der Waals surface area contributed by atoms with Crippen molar-refractivity contribution in [1.82, 2.24) is 10.2 Å². The van der Waals surface area contributed by atoms with Gasteiger partial charge in [0.1, 0.15) is 0 Å². The molecule has 0 aliphatic carbocycles. The molecule has 3 nitrogen and oxygen atoms in total. The van der Waals surface area contributed by atoms with Gasteiger partial charge < -0.3 is 5.32 Å². The molecule has 2 rings (SSSR count). The lowest BCUT2D eigenvalue weighted by atomic mass is 9.84. The summed E-state index contributed by atoms with van der Waals surface area (Å²) < 4.78 is 11.6. The van der Waals surface area contributed by atoms with E-state index in [1.807, 2.05) is 0 Å². The molecule has 1 atom stereocenters. The Bertz CT molecular complexity index is 331. The topological polar surface area (TPSA) is 32.3 Å². The van der Waals surface area contributed by atoms with Crippen LogP contribution < -0.4 is 5.32 Å². The van der Waals surface area contributed by atoms with Crippen molar-refractivity contribution in [2.24, 2.45) is 5.92 Å². The number of piperazine rings is 1. The Morgan fingerprint density at radius 3 is 2.35 bits per heavy atom. The van der Waals surface area contributed by atoms with Crippen molar-refractivity contribution in [3.63, 3.8) is 0 Å². The largest absolute Gasteiger partial charge is 0.308 e. The van der Waals surface area contributed by atoms with E-state index in [4.69, 9.17) is 0 Å². The molecule has 4 heteroatoms. The molecule has 118 valence electrons. The van der Waals surface area contributed by atoms with Crippen LogP contribution in [0, 0.1) is 5.92 Å². The van der Waals surface area contributed by atoms with Gasteiger partial charge in [-0.25, -0.2) is 0 Å². The van der Waals surface area contributed by atoms with Crippen molar-refractivity contribution in [3.05, 3.63) is 0 Å². The fraction of sp³-hybridized carbons (Fsp3) is 1.00. The van der Waals surface area contributed by atoms with E-state index in [2.05, 4.69) is 37.9 Å². The summed E-state index contributed by atoms with van der Waals surface area (Å²) in [6.07, 6.45) is 4.64.